The molecule has 1 aliphatic heterocycles. The van der Waals surface area contributed by atoms with Crippen LogP contribution < -0.4 is 0 Å². The third kappa shape index (κ3) is 2.96. The van der Waals surface area contributed by atoms with Crippen LogP contribution in [0.3, 0.4) is 0 Å². The van der Waals surface area contributed by atoms with E-state index in [0.29, 0.717) is 38.4 Å². The van der Waals surface area contributed by atoms with Gasteiger partial charge in [0.1, 0.15) is 11.9 Å². The smallest absolute Gasteiger partial charge is 0.320 e. The number of carboxylic acid groups (broad SMARTS) is 1. The number of aromatic nitrogens is 3. The highest BCUT2D eigenvalue weighted by Crippen LogP contribution is 2.09. The number of rotatable bonds is 4. The van der Waals surface area contributed by atoms with Crippen LogP contribution in [0.25, 0.3) is 0 Å². The first-order chi connectivity index (χ1) is 9.52. The molecule has 1 amide bonds. The molecule has 0 saturated carbocycles. The van der Waals surface area contributed by atoms with Crippen LogP contribution in [-0.4, -0.2) is 74.2 Å². The summed E-state index contributed by atoms with van der Waals surface area (Å²) in [6, 6.07) is -0.526. The molecule has 2 rings (SSSR count). The summed E-state index contributed by atoms with van der Waals surface area (Å²) in [5, 5.41) is 15.6. The van der Waals surface area contributed by atoms with Gasteiger partial charge in [0.25, 0.3) is 5.91 Å². The van der Waals surface area contributed by atoms with E-state index in [0.717, 1.165) is 0 Å². The number of carbonyl (C=O) groups is 2. The van der Waals surface area contributed by atoms with Crippen molar-refractivity contribution in [1.82, 2.24) is 25.0 Å². The van der Waals surface area contributed by atoms with E-state index in [4.69, 9.17) is 5.11 Å². The zero-order valence-corrected chi connectivity index (χ0v) is 11.7. The molecule has 0 bridgehead atoms. The Morgan fingerprint density at radius 3 is 2.50 bits per heavy atom. The van der Waals surface area contributed by atoms with Crippen LogP contribution in [0.4, 0.5) is 0 Å². The number of carboxylic acids is 1. The van der Waals surface area contributed by atoms with Gasteiger partial charge in [0.2, 0.25) is 5.82 Å². The molecule has 2 N–H and O–H groups in total. The third-order valence-electron chi connectivity index (χ3n) is 3.56. The predicted octanol–water partition coefficient (Wildman–Crippen LogP) is -0.402. The maximum absolute atomic E-state index is 12.2. The molecule has 0 aliphatic carbocycles. The number of carbonyl (C=O) groups excluding carboxylic acids is 1. The predicted molar refractivity (Wildman–Crippen MR) is 70.3 cm³/mol. The third-order valence-corrected chi connectivity index (χ3v) is 3.56. The number of hydrogen-bond donors (Lipinski definition) is 2. The highest BCUT2D eigenvalue weighted by Gasteiger charge is 2.28. The zero-order chi connectivity index (χ0) is 14.7. The van der Waals surface area contributed by atoms with Gasteiger partial charge in [-0.25, -0.2) is 4.98 Å². The topological polar surface area (TPSA) is 102 Å². The lowest BCUT2D eigenvalue weighted by Gasteiger charge is -2.36. The highest BCUT2D eigenvalue weighted by atomic mass is 16.4. The van der Waals surface area contributed by atoms with Crippen molar-refractivity contribution in [3.05, 3.63) is 11.6 Å². The van der Waals surface area contributed by atoms with Crippen LogP contribution >= 0.6 is 0 Å². The van der Waals surface area contributed by atoms with Gasteiger partial charge in [-0.1, -0.05) is 6.92 Å². The number of aliphatic carboxylic acids is 1. The molecule has 1 fully saturated rings. The van der Waals surface area contributed by atoms with Crippen molar-refractivity contribution in [3.8, 4) is 0 Å². The van der Waals surface area contributed by atoms with E-state index >= 15 is 0 Å². The maximum atomic E-state index is 12.2. The van der Waals surface area contributed by atoms with E-state index in [9.17, 15) is 9.59 Å². The van der Waals surface area contributed by atoms with Gasteiger partial charge in [-0.2, -0.15) is 0 Å². The van der Waals surface area contributed by atoms with E-state index in [1.807, 2.05) is 11.8 Å². The highest BCUT2D eigenvalue weighted by molar-refractivity contribution is 5.90. The van der Waals surface area contributed by atoms with Crippen LogP contribution in [0.2, 0.25) is 0 Å². The van der Waals surface area contributed by atoms with Crippen molar-refractivity contribution in [2.24, 2.45) is 0 Å². The summed E-state index contributed by atoms with van der Waals surface area (Å²) >= 11 is 0. The van der Waals surface area contributed by atoms with Crippen molar-refractivity contribution < 1.29 is 14.7 Å². The van der Waals surface area contributed by atoms with Gasteiger partial charge in [0.05, 0.1) is 0 Å². The fourth-order valence-corrected chi connectivity index (χ4v) is 2.16. The van der Waals surface area contributed by atoms with Gasteiger partial charge in [0, 0.05) is 32.6 Å². The van der Waals surface area contributed by atoms with Gasteiger partial charge >= 0.3 is 5.97 Å². The Kier molecular flexibility index (Phi) is 4.33. The summed E-state index contributed by atoms with van der Waals surface area (Å²) in [4.78, 5) is 30.7. The SMILES string of the molecule is CCc1nc(C(=O)N2CCN(C(C)C(=O)O)CC2)n[nH]1. The number of hydrogen-bond acceptors (Lipinski definition) is 5. The lowest BCUT2D eigenvalue weighted by atomic mass is 10.2. The van der Waals surface area contributed by atoms with E-state index in [1.165, 1.54) is 0 Å². The second-order valence-corrected chi connectivity index (χ2v) is 4.80. The van der Waals surface area contributed by atoms with Gasteiger partial charge < -0.3 is 10.0 Å². The minimum absolute atomic E-state index is 0.182. The number of aryl methyl sites for hydroxylation is 1. The van der Waals surface area contributed by atoms with Gasteiger partial charge in [-0.15, -0.1) is 5.10 Å². The molecule has 1 saturated heterocycles. The average Bonchev–Trinajstić information content (AvgIpc) is 2.94. The molecule has 20 heavy (non-hydrogen) atoms. The van der Waals surface area contributed by atoms with Crippen molar-refractivity contribution in [3.63, 3.8) is 0 Å². The molecule has 1 aromatic heterocycles. The maximum Gasteiger partial charge on any atom is 0.320 e. The standard InChI is InChI=1S/C12H19N5O3/c1-3-9-13-10(15-14-9)11(18)17-6-4-16(5-7-17)8(2)12(19)20/h8H,3-7H2,1-2H3,(H,19,20)(H,13,14,15). The first-order valence-corrected chi connectivity index (χ1v) is 6.70. The number of nitrogens with zero attached hydrogens (tertiary/aromatic N) is 4. The van der Waals surface area contributed by atoms with Crippen molar-refractivity contribution in [2.45, 2.75) is 26.3 Å². The van der Waals surface area contributed by atoms with Crippen molar-refractivity contribution in [1.29, 1.82) is 0 Å². The fourth-order valence-electron chi connectivity index (χ4n) is 2.16. The van der Waals surface area contributed by atoms with Gasteiger partial charge in [-0.05, 0) is 6.92 Å². The van der Waals surface area contributed by atoms with Crippen molar-refractivity contribution in [2.75, 3.05) is 26.2 Å². The Morgan fingerprint density at radius 1 is 1.35 bits per heavy atom. The molecule has 0 aromatic carbocycles. The Labute approximate surface area is 116 Å². The average molecular weight is 281 g/mol. The van der Waals surface area contributed by atoms with Crippen LogP contribution in [0.5, 0.6) is 0 Å². The van der Waals surface area contributed by atoms with Crippen molar-refractivity contribution >= 4 is 11.9 Å². The number of piperazine rings is 1. The van der Waals surface area contributed by atoms with Crippen LogP contribution in [0.1, 0.15) is 30.3 Å². The van der Waals surface area contributed by atoms with Gasteiger partial charge in [-0.3, -0.25) is 19.6 Å². The Bertz CT molecular complexity index is 493. The Hall–Kier alpha value is -1.96. The monoisotopic (exact) mass is 281 g/mol. The summed E-state index contributed by atoms with van der Waals surface area (Å²) in [5.41, 5.74) is 0. The van der Waals surface area contributed by atoms with Gasteiger partial charge in [0.15, 0.2) is 0 Å². The molecule has 8 heteroatoms. The lowest BCUT2D eigenvalue weighted by Crippen LogP contribution is -2.53. The molecule has 1 atom stereocenters. The molecule has 2 heterocycles. The summed E-state index contributed by atoms with van der Waals surface area (Å²) < 4.78 is 0. The Morgan fingerprint density at radius 2 is 2.00 bits per heavy atom. The van der Waals surface area contributed by atoms with E-state index < -0.39 is 12.0 Å². The molecule has 0 radical (unpaired) electrons. The minimum Gasteiger partial charge on any atom is -0.480 e. The van der Waals surface area contributed by atoms with E-state index in [1.54, 1.807) is 11.8 Å². The van der Waals surface area contributed by atoms with Crippen LogP contribution in [0.15, 0.2) is 0 Å². The van der Waals surface area contributed by atoms with Crippen LogP contribution in [0, 0.1) is 0 Å². The first-order valence-electron chi connectivity index (χ1n) is 6.70. The number of aromatic amines is 1. The minimum atomic E-state index is -0.841. The molecule has 1 aliphatic rings. The normalized spacial score (nSPS) is 18.0. The lowest BCUT2D eigenvalue weighted by molar-refractivity contribution is -0.143. The quantitative estimate of drug-likeness (QED) is 0.778. The van der Waals surface area contributed by atoms with E-state index in [-0.39, 0.29) is 11.7 Å². The molecule has 1 aromatic rings. The second-order valence-electron chi connectivity index (χ2n) is 4.80. The zero-order valence-electron chi connectivity index (χ0n) is 11.7. The summed E-state index contributed by atoms with van der Waals surface area (Å²) in [6.07, 6.45) is 0.699. The fraction of sp³-hybridized carbons (Fsp3) is 0.667. The molecule has 8 nitrogen and oxygen atoms in total. The first kappa shape index (κ1) is 14.4. The number of H-pyrrole nitrogens is 1. The Balaban J connectivity index is 1.93. The summed E-state index contributed by atoms with van der Waals surface area (Å²) in [6.45, 7) is 5.66. The van der Waals surface area contributed by atoms with E-state index in [2.05, 4.69) is 15.2 Å². The largest absolute Gasteiger partial charge is 0.480 e. The number of amides is 1. The molecule has 1 unspecified atom stereocenters. The van der Waals surface area contributed by atoms with Crippen LogP contribution in [-0.2, 0) is 11.2 Å². The molecule has 110 valence electrons. The summed E-state index contributed by atoms with van der Waals surface area (Å²) in [5.74, 6) is -0.178. The molecule has 0 spiro atoms. The number of nitrogens with one attached hydrogen (secondary N) is 1. The summed E-state index contributed by atoms with van der Waals surface area (Å²) in [7, 11) is 0. The molecular weight excluding hydrogens is 262 g/mol. The second kappa shape index (κ2) is 6.00. The molecular formula is C12H19N5O3.